The third kappa shape index (κ3) is 4.89. The van der Waals surface area contributed by atoms with Crippen LogP contribution >= 0.6 is 0 Å². The lowest BCUT2D eigenvalue weighted by atomic mass is 10.1. The highest BCUT2D eigenvalue weighted by Gasteiger charge is 2.24. The Hall–Kier alpha value is -2.86. The molecule has 5 nitrogen and oxygen atoms in total. The SMILES string of the molecule is CCN(CC)CCCNc1ccc(N/C=C2\C(=O)Nc3ccc(F)cc32)cc1. The van der Waals surface area contributed by atoms with Crippen LogP contribution in [0.5, 0.6) is 0 Å². The second-order valence-electron chi connectivity index (χ2n) is 6.73. The molecule has 0 atom stereocenters. The lowest BCUT2D eigenvalue weighted by molar-refractivity contribution is -0.110. The van der Waals surface area contributed by atoms with Crippen molar-refractivity contribution in [2.45, 2.75) is 20.3 Å². The lowest BCUT2D eigenvalue weighted by Gasteiger charge is -2.18. The fourth-order valence-corrected chi connectivity index (χ4v) is 3.22. The number of anilines is 3. The number of fused-ring (bicyclic) bond motifs is 1. The minimum Gasteiger partial charge on any atom is -0.385 e. The van der Waals surface area contributed by atoms with E-state index in [2.05, 4.69) is 34.7 Å². The van der Waals surface area contributed by atoms with Gasteiger partial charge in [-0.05, 0) is 68.5 Å². The zero-order valence-corrected chi connectivity index (χ0v) is 16.4. The summed E-state index contributed by atoms with van der Waals surface area (Å²) < 4.78 is 13.5. The molecule has 0 fully saturated rings. The highest BCUT2D eigenvalue weighted by atomic mass is 19.1. The summed E-state index contributed by atoms with van der Waals surface area (Å²) in [5.41, 5.74) is 3.54. The molecule has 1 aliphatic heterocycles. The summed E-state index contributed by atoms with van der Waals surface area (Å²) in [6.45, 7) is 8.56. The number of rotatable bonds is 9. The van der Waals surface area contributed by atoms with Crippen molar-refractivity contribution < 1.29 is 9.18 Å². The van der Waals surface area contributed by atoms with Crippen LogP contribution in [0, 0.1) is 5.82 Å². The van der Waals surface area contributed by atoms with E-state index in [-0.39, 0.29) is 11.7 Å². The molecule has 28 heavy (non-hydrogen) atoms. The maximum atomic E-state index is 13.5. The molecule has 0 bridgehead atoms. The maximum absolute atomic E-state index is 13.5. The molecular weight excluding hydrogens is 355 g/mol. The van der Waals surface area contributed by atoms with Crippen molar-refractivity contribution in [1.29, 1.82) is 0 Å². The summed E-state index contributed by atoms with van der Waals surface area (Å²) in [5.74, 6) is -0.600. The van der Waals surface area contributed by atoms with E-state index in [0.29, 0.717) is 16.8 Å². The van der Waals surface area contributed by atoms with Gasteiger partial charge in [-0.15, -0.1) is 0 Å². The summed E-state index contributed by atoms with van der Waals surface area (Å²) in [5, 5.41) is 9.28. The Labute approximate surface area is 165 Å². The predicted octanol–water partition coefficient (Wildman–Crippen LogP) is 4.37. The van der Waals surface area contributed by atoms with Gasteiger partial charge in [-0.3, -0.25) is 4.79 Å². The Morgan fingerprint density at radius 2 is 1.79 bits per heavy atom. The number of hydrogen-bond donors (Lipinski definition) is 3. The molecule has 0 radical (unpaired) electrons. The second-order valence-corrected chi connectivity index (χ2v) is 6.73. The third-order valence-corrected chi connectivity index (χ3v) is 4.91. The van der Waals surface area contributed by atoms with Gasteiger partial charge in [0.15, 0.2) is 0 Å². The van der Waals surface area contributed by atoms with Crippen LogP contribution < -0.4 is 16.0 Å². The van der Waals surface area contributed by atoms with Crippen LogP contribution in [0.2, 0.25) is 0 Å². The minimum atomic E-state index is -0.363. The zero-order valence-electron chi connectivity index (χ0n) is 16.4. The number of benzene rings is 2. The third-order valence-electron chi connectivity index (χ3n) is 4.91. The number of halogens is 1. The normalized spacial score (nSPS) is 14.3. The molecule has 1 aliphatic rings. The molecule has 148 valence electrons. The molecule has 0 aromatic heterocycles. The minimum absolute atomic E-state index is 0.236. The van der Waals surface area contributed by atoms with Gasteiger partial charge in [0.2, 0.25) is 0 Å². The van der Waals surface area contributed by atoms with Gasteiger partial charge >= 0.3 is 0 Å². The number of hydrogen-bond acceptors (Lipinski definition) is 4. The van der Waals surface area contributed by atoms with Crippen LogP contribution in [0.15, 0.2) is 48.7 Å². The average Bonchev–Trinajstić information content (AvgIpc) is 3.02. The molecule has 1 amide bonds. The first-order valence-electron chi connectivity index (χ1n) is 9.75. The van der Waals surface area contributed by atoms with E-state index < -0.39 is 0 Å². The maximum Gasteiger partial charge on any atom is 0.257 e. The van der Waals surface area contributed by atoms with Gasteiger partial charge in [-0.25, -0.2) is 4.39 Å². The van der Waals surface area contributed by atoms with Crippen LogP contribution in [0.25, 0.3) is 5.57 Å². The van der Waals surface area contributed by atoms with Gasteiger partial charge in [-0.2, -0.15) is 0 Å². The second kappa shape index (κ2) is 9.37. The number of carbonyl (C=O) groups excluding carboxylic acids is 1. The van der Waals surface area contributed by atoms with Gasteiger partial charge in [0.25, 0.3) is 5.91 Å². The Kier molecular flexibility index (Phi) is 6.66. The molecule has 2 aromatic rings. The van der Waals surface area contributed by atoms with E-state index >= 15 is 0 Å². The molecule has 6 heteroatoms. The van der Waals surface area contributed by atoms with Crippen molar-refractivity contribution in [2.75, 3.05) is 42.1 Å². The number of nitrogens with zero attached hydrogens (tertiary/aromatic N) is 1. The first-order valence-corrected chi connectivity index (χ1v) is 9.75. The smallest absolute Gasteiger partial charge is 0.257 e. The molecule has 3 N–H and O–H groups in total. The van der Waals surface area contributed by atoms with E-state index in [9.17, 15) is 9.18 Å². The van der Waals surface area contributed by atoms with Crippen molar-refractivity contribution in [3.05, 3.63) is 60.0 Å². The van der Waals surface area contributed by atoms with Crippen LogP contribution in [0.1, 0.15) is 25.8 Å². The van der Waals surface area contributed by atoms with Gasteiger partial charge in [0, 0.05) is 35.4 Å². The monoisotopic (exact) mass is 382 g/mol. The average molecular weight is 382 g/mol. The molecule has 0 unspecified atom stereocenters. The van der Waals surface area contributed by atoms with Crippen LogP contribution in [-0.2, 0) is 4.79 Å². The Balaban J connectivity index is 1.54. The van der Waals surface area contributed by atoms with Gasteiger partial charge < -0.3 is 20.9 Å². The lowest BCUT2D eigenvalue weighted by Crippen LogP contribution is -2.25. The van der Waals surface area contributed by atoms with Crippen molar-refractivity contribution in [2.24, 2.45) is 0 Å². The number of amides is 1. The Morgan fingerprint density at radius 3 is 2.50 bits per heavy atom. The van der Waals surface area contributed by atoms with Gasteiger partial charge in [0.1, 0.15) is 5.82 Å². The molecule has 0 saturated heterocycles. The van der Waals surface area contributed by atoms with E-state index in [1.807, 2.05) is 24.3 Å². The standard InChI is InChI=1S/C22H27FN4O/c1-3-27(4-2)13-5-12-24-17-7-9-18(10-8-17)25-15-20-19-14-16(23)6-11-21(19)26-22(20)28/h6-11,14-15,24-25H,3-5,12-13H2,1-2H3,(H,26,28)/b20-15-. The Morgan fingerprint density at radius 1 is 1.07 bits per heavy atom. The van der Waals surface area contributed by atoms with Crippen molar-refractivity contribution in [1.82, 2.24) is 4.90 Å². The predicted molar refractivity (Wildman–Crippen MR) is 114 cm³/mol. The van der Waals surface area contributed by atoms with Gasteiger partial charge in [-0.1, -0.05) is 13.8 Å². The quantitative estimate of drug-likeness (QED) is 0.445. The molecular formula is C22H27FN4O. The number of carbonyl (C=O) groups is 1. The van der Waals surface area contributed by atoms with E-state index in [0.717, 1.165) is 44.0 Å². The van der Waals surface area contributed by atoms with Crippen molar-refractivity contribution >= 4 is 28.5 Å². The topological polar surface area (TPSA) is 56.4 Å². The molecule has 2 aromatic carbocycles. The first kappa shape index (κ1) is 19.9. The highest BCUT2D eigenvalue weighted by molar-refractivity contribution is 6.31. The van der Waals surface area contributed by atoms with E-state index in [1.165, 1.54) is 12.1 Å². The molecule has 1 heterocycles. The molecule has 0 aliphatic carbocycles. The van der Waals surface area contributed by atoms with E-state index in [1.54, 1.807) is 12.3 Å². The molecule has 0 spiro atoms. The van der Waals surface area contributed by atoms with Crippen LogP contribution in [0.4, 0.5) is 21.5 Å². The summed E-state index contributed by atoms with van der Waals surface area (Å²) in [4.78, 5) is 14.5. The first-order chi connectivity index (χ1) is 13.6. The van der Waals surface area contributed by atoms with Crippen molar-refractivity contribution in [3.63, 3.8) is 0 Å². The van der Waals surface area contributed by atoms with Crippen LogP contribution in [0.3, 0.4) is 0 Å². The molecule has 3 rings (SSSR count). The number of nitrogens with one attached hydrogen (secondary N) is 3. The summed E-state index contributed by atoms with van der Waals surface area (Å²) in [6, 6.07) is 12.2. The summed E-state index contributed by atoms with van der Waals surface area (Å²) in [6.07, 6.45) is 2.71. The largest absolute Gasteiger partial charge is 0.385 e. The summed E-state index contributed by atoms with van der Waals surface area (Å²) in [7, 11) is 0. The summed E-state index contributed by atoms with van der Waals surface area (Å²) >= 11 is 0. The molecule has 0 saturated carbocycles. The van der Waals surface area contributed by atoms with Crippen LogP contribution in [-0.4, -0.2) is 37.0 Å². The van der Waals surface area contributed by atoms with Gasteiger partial charge in [0.05, 0.1) is 5.57 Å². The fourth-order valence-electron chi connectivity index (χ4n) is 3.22. The fraction of sp³-hybridized carbons (Fsp3) is 0.318. The van der Waals surface area contributed by atoms with Crippen molar-refractivity contribution in [3.8, 4) is 0 Å². The Bertz CT molecular complexity index is 844. The van der Waals surface area contributed by atoms with E-state index in [4.69, 9.17) is 0 Å². The zero-order chi connectivity index (χ0) is 19.9. The highest BCUT2D eigenvalue weighted by Crippen LogP contribution is 2.32.